The molecule has 0 unspecified atom stereocenters. The fourth-order valence-electron chi connectivity index (χ4n) is 1.37. The second-order valence-corrected chi connectivity index (χ2v) is 3.25. The van der Waals surface area contributed by atoms with E-state index in [1.807, 2.05) is 0 Å². The molecule has 0 aliphatic heterocycles. The molecule has 0 amide bonds. The van der Waals surface area contributed by atoms with Crippen LogP contribution in [-0.2, 0) is 0 Å². The highest BCUT2D eigenvalue weighted by molar-refractivity contribution is 5.85. The molecule has 2 rings (SSSR count). The highest BCUT2D eigenvalue weighted by atomic mass is 35.5. The lowest BCUT2D eigenvalue weighted by atomic mass is 10.1. The van der Waals surface area contributed by atoms with Crippen molar-refractivity contribution in [2.45, 2.75) is 18.4 Å². The second-order valence-electron chi connectivity index (χ2n) is 3.25. The van der Waals surface area contributed by atoms with E-state index in [4.69, 9.17) is 10.8 Å². The van der Waals surface area contributed by atoms with Gasteiger partial charge in [-0.05, 0) is 24.1 Å². The maximum atomic E-state index is 9.17. The molecule has 0 heterocycles. The Morgan fingerprint density at radius 1 is 1.23 bits per heavy atom. The van der Waals surface area contributed by atoms with Crippen molar-refractivity contribution in [3.8, 4) is 11.5 Å². The number of hydrogen-bond donors (Lipinski definition) is 3. The Bertz CT molecular complexity index is 316. The van der Waals surface area contributed by atoms with Crippen LogP contribution in [0.1, 0.15) is 17.9 Å². The van der Waals surface area contributed by atoms with E-state index >= 15 is 0 Å². The van der Waals surface area contributed by atoms with Crippen molar-refractivity contribution in [1.29, 1.82) is 0 Å². The van der Waals surface area contributed by atoms with Gasteiger partial charge in [-0.2, -0.15) is 0 Å². The van der Waals surface area contributed by atoms with E-state index in [0.29, 0.717) is 5.92 Å². The average molecular weight is 202 g/mol. The van der Waals surface area contributed by atoms with E-state index in [9.17, 15) is 5.11 Å². The molecule has 13 heavy (non-hydrogen) atoms. The number of hydrogen-bond acceptors (Lipinski definition) is 3. The Morgan fingerprint density at radius 2 is 1.85 bits per heavy atom. The monoisotopic (exact) mass is 201 g/mol. The van der Waals surface area contributed by atoms with Crippen LogP contribution in [0.3, 0.4) is 0 Å². The Kier molecular flexibility index (Phi) is 2.68. The molecule has 0 spiro atoms. The van der Waals surface area contributed by atoms with Crippen molar-refractivity contribution < 1.29 is 10.2 Å². The number of rotatable bonds is 1. The van der Waals surface area contributed by atoms with Crippen molar-refractivity contribution in [2.24, 2.45) is 5.73 Å². The predicted molar refractivity (Wildman–Crippen MR) is 52.4 cm³/mol. The van der Waals surface area contributed by atoms with Crippen molar-refractivity contribution in [2.75, 3.05) is 0 Å². The van der Waals surface area contributed by atoms with Gasteiger partial charge in [-0.25, -0.2) is 0 Å². The van der Waals surface area contributed by atoms with Crippen LogP contribution in [0.4, 0.5) is 0 Å². The van der Waals surface area contributed by atoms with Crippen molar-refractivity contribution in [1.82, 2.24) is 0 Å². The summed E-state index contributed by atoms with van der Waals surface area (Å²) in [5.74, 6) is 0.232. The van der Waals surface area contributed by atoms with Crippen LogP contribution in [-0.4, -0.2) is 16.3 Å². The molecule has 0 aromatic heterocycles. The van der Waals surface area contributed by atoms with Crippen molar-refractivity contribution in [3.63, 3.8) is 0 Å². The summed E-state index contributed by atoms with van der Waals surface area (Å²) in [5.41, 5.74) is 6.65. The molecule has 0 bridgehead atoms. The van der Waals surface area contributed by atoms with Crippen molar-refractivity contribution >= 4 is 12.4 Å². The number of phenolic OH excluding ortho intramolecular Hbond substituents is 2. The highest BCUT2D eigenvalue weighted by Gasteiger charge is 2.34. The summed E-state index contributed by atoms with van der Waals surface area (Å²) in [7, 11) is 0. The molecular formula is C9H12ClNO2. The van der Waals surface area contributed by atoms with Crippen molar-refractivity contribution in [3.05, 3.63) is 23.8 Å². The number of halogens is 1. The quantitative estimate of drug-likeness (QED) is 0.601. The standard InChI is InChI=1S/C9H11NO2.ClH/c10-7-4-6(7)5-1-2-8(11)9(12)3-5;/h1-3,6-7,11-12H,4,10H2;1H/t6-,7-;/m1./s1. The van der Waals surface area contributed by atoms with Crippen LogP contribution in [0.5, 0.6) is 11.5 Å². The zero-order valence-electron chi connectivity index (χ0n) is 6.97. The molecule has 4 N–H and O–H groups in total. The Balaban J connectivity index is 0.000000845. The van der Waals surface area contributed by atoms with Crippen LogP contribution in [0, 0.1) is 0 Å². The third-order valence-electron chi connectivity index (χ3n) is 2.27. The normalized spacial score (nSPS) is 25.0. The first-order chi connectivity index (χ1) is 5.68. The van der Waals surface area contributed by atoms with Gasteiger partial charge in [-0.15, -0.1) is 12.4 Å². The molecule has 2 atom stereocenters. The molecule has 3 nitrogen and oxygen atoms in total. The first kappa shape index (κ1) is 10.2. The van der Waals surface area contributed by atoms with Crippen LogP contribution in [0.2, 0.25) is 0 Å². The minimum Gasteiger partial charge on any atom is -0.504 e. The number of aromatic hydroxyl groups is 2. The molecule has 4 heteroatoms. The summed E-state index contributed by atoms with van der Waals surface area (Å²) >= 11 is 0. The van der Waals surface area contributed by atoms with Gasteiger partial charge in [-0.3, -0.25) is 0 Å². The maximum absolute atomic E-state index is 9.17. The second kappa shape index (κ2) is 3.44. The topological polar surface area (TPSA) is 66.5 Å². The number of nitrogens with two attached hydrogens (primary N) is 1. The van der Waals surface area contributed by atoms with Gasteiger partial charge in [0.25, 0.3) is 0 Å². The molecule has 1 saturated carbocycles. The summed E-state index contributed by atoms with van der Waals surface area (Å²) in [4.78, 5) is 0. The van der Waals surface area contributed by atoms with Gasteiger partial charge < -0.3 is 15.9 Å². The zero-order chi connectivity index (χ0) is 8.72. The van der Waals surface area contributed by atoms with Gasteiger partial charge >= 0.3 is 0 Å². The van der Waals surface area contributed by atoms with E-state index < -0.39 is 0 Å². The Labute approximate surface area is 82.6 Å². The Hall–Kier alpha value is -0.930. The highest BCUT2D eigenvalue weighted by Crippen LogP contribution is 2.41. The molecule has 1 aliphatic rings. The Morgan fingerprint density at radius 3 is 2.31 bits per heavy atom. The molecule has 1 aliphatic carbocycles. The summed E-state index contributed by atoms with van der Waals surface area (Å²) in [6.45, 7) is 0. The van der Waals surface area contributed by atoms with Gasteiger partial charge in [0.1, 0.15) is 0 Å². The van der Waals surface area contributed by atoms with Gasteiger partial charge in [0.05, 0.1) is 0 Å². The molecule has 0 radical (unpaired) electrons. The lowest BCUT2D eigenvalue weighted by Crippen LogP contribution is -2.00. The van der Waals surface area contributed by atoms with Gasteiger partial charge in [-0.1, -0.05) is 6.07 Å². The summed E-state index contributed by atoms with van der Waals surface area (Å²) in [6, 6.07) is 5.10. The fraction of sp³-hybridized carbons (Fsp3) is 0.333. The zero-order valence-corrected chi connectivity index (χ0v) is 7.79. The molecule has 72 valence electrons. The SMILES string of the molecule is Cl.N[C@@H]1C[C@@H]1c1ccc(O)c(O)c1. The first-order valence-electron chi connectivity index (χ1n) is 3.96. The van der Waals surface area contributed by atoms with E-state index in [1.54, 1.807) is 12.1 Å². The summed E-state index contributed by atoms with van der Waals surface area (Å²) in [6.07, 6.45) is 0.976. The van der Waals surface area contributed by atoms with Crippen LogP contribution in [0.15, 0.2) is 18.2 Å². The average Bonchev–Trinajstić information content (AvgIpc) is 2.73. The van der Waals surface area contributed by atoms with Gasteiger partial charge in [0.2, 0.25) is 0 Å². The maximum Gasteiger partial charge on any atom is 0.157 e. The van der Waals surface area contributed by atoms with Gasteiger partial charge in [0, 0.05) is 12.0 Å². The third-order valence-corrected chi connectivity index (χ3v) is 2.27. The summed E-state index contributed by atoms with van der Waals surface area (Å²) in [5, 5.41) is 18.2. The van der Waals surface area contributed by atoms with E-state index in [1.165, 1.54) is 6.07 Å². The minimum absolute atomic E-state index is 0. The predicted octanol–water partition coefficient (Wildman–Crippen LogP) is 1.33. The van der Waals surface area contributed by atoms with E-state index in [-0.39, 0.29) is 29.9 Å². The van der Waals surface area contributed by atoms with E-state index in [2.05, 4.69) is 0 Å². The third kappa shape index (κ3) is 1.87. The molecule has 1 aromatic carbocycles. The minimum atomic E-state index is -0.0760. The van der Waals surface area contributed by atoms with Crippen LogP contribution >= 0.6 is 12.4 Å². The lowest BCUT2D eigenvalue weighted by molar-refractivity contribution is 0.403. The van der Waals surface area contributed by atoms with Gasteiger partial charge in [0.15, 0.2) is 11.5 Å². The largest absolute Gasteiger partial charge is 0.504 e. The molecule has 1 fully saturated rings. The van der Waals surface area contributed by atoms with Crippen LogP contribution in [0.25, 0.3) is 0 Å². The lowest BCUT2D eigenvalue weighted by Gasteiger charge is -2.01. The molecule has 1 aromatic rings. The smallest absolute Gasteiger partial charge is 0.157 e. The molecule has 0 saturated heterocycles. The first-order valence-corrected chi connectivity index (χ1v) is 3.96. The number of benzene rings is 1. The number of phenols is 2. The van der Waals surface area contributed by atoms with Crippen LogP contribution < -0.4 is 5.73 Å². The fourth-order valence-corrected chi connectivity index (χ4v) is 1.37. The summed E-state index contributed by atoms with van der Waals surface area (Å²) < 4.78 is 0. The molecular weight excluding hydrogens is 190 g/mol. The van der Waals surface area contributed by atoms with E-state index in [0.717, 1.165) is 12.0 Å².